The van der Waals surface area contributed by atoms with Gasteiger partial charge < -0.3 is 0 Å². The van der Waals surface area contributed by atoms with Crippen molar-refractivity contribution in [2.24, 2.45) is 0 Å². The fourth-order valence-electron chi connectivity index (χ4n) is 1.29. The molecule has 0 fully saturated rings. The lowest BCUT2D eigenvalue weighted by molar-refractivity contribution is -0.113. The van der Waals surface area contributed by atoms with Crippen molar-refractivity contribution in [2.75, 3.05) is 0 Å². The van der Waals surface area contributed by atoms with Gasteiger partial charge in [-0.2, -0.15) is 0 Å². The standard InChI is InChI=1S/C11H19O2/c1-2-3-4-5-6-7-8-9-11(13)10-12/h2-9H2,1H3. The lowest BCUT2D eigenvalue weighted by atomic mass is 10.1. The summed E-state index contributed by atoms with van der Waals surface area (Å²) in [4.78, 5) is 20.4. The first kappa shape index (κ1) is 12.3. The Morgan fingerprint density at radius 2 is 1.54 bits per heavy atom. The number of hydrogen-bond donors (Lipinski definition) is 0. The van der Waals surface area contributed by atoms with Crippen molar-refractivity contribution in [3.63, 3.8) is 0 Å². The topological polar surface area (TPSA) is 34.1 Å². The van der Waals surface area contributed by atoms with Gasteiger partial charge in [0.15, 0.2) is 0 Å². The Morgan fingerprint density at radius 3 is 2.08 bits per heavy atom. The molecule has 0 aromatic heterocycles. The zero-order valence-corrected chi connectivity index (χ0v) is 8.47. The molecule has 0 aliphatic rings. The summed E-state index contributed by atoms with van der Waals surface area (Å²) in [7, 11) is 0. The van der Waals surface area contributed by atoms with Crippen LogP contribution < -0.4 is 0 Å². The average molecular weight is 183 g/mol. The fraction of sp³-hybridized carbons (Fsp3) is 0.818. The fourth-order valence-corrected chi connectivity index (χ4v) is 1.29. The normalized spacial score (nSPS) is 9.92. The molecule has 0 amide bonds. The molecule has 75 valence electrons. The van der Waals surface area contributed by atoms with Crippen LogP contribution in [-0.2, 0) is 9.59 Å². The van der Waals surface area contributed by atoms with E-state index in [2.05, 4.69) is 6.92 Å². The van der Waals surface area contributed by atoms with Crippen LogP contribution in [0.4, 0.5) is 0 Å². The van der Waals surface area contributed by atoms with Gasteiger partial charge in [-0.3, -0.25) is 9.59 Å². The third kappa shape index (κ3) is 9.25. The third-order valence-corrected chi connectivity index (χ3v) is 2.12. The van der Waals surface area contributed by atoms with E-state index in [0.29, 0.717) is 6.42 Å². The minimum absolute atomic E-state index is 0.381. The maximum atomic E-state index is 10.5. The molecule has 2 nitrogen and oxygen atoms in total. The zero-order valence-electron chi connectivity index (χ0n) is 8.47. The molecule has 0 aliphatic heterocycles. The van der Waals surface area contributed by atoms with Crippen molar-refractivity contribution in [2.45, 2.75) is 58.3 Å². The van der Waals surface area contributed by atoms with Crippen LogP contribution >= 0.6 is 0 Å². The molecule has 2 heteroatoms. The Balaban J connectivity index is 2.99. The van der Waals surface area contributed by atoms with Crippen molar-refractivity contribution in [3.8, 4) is 0 Å². The van der Waals surface area contributed by atoms with E-state index in [1.54, 1.807) is 0 Å². The maximum Gasteiger partial charge on any atom is 0.272 e. The summed E-state index contributed by atoms with van der Waals surface area (Å²) in [5, 5.41) is 0. The molecule has 0 saturated carbocycles. The van der Waals surface area contributed by atoms with E-state index in [9.17, 15) is 9.59 Å². The number of carbonyl (C=O) groups is 1. The molecule has 0 heterocycles. The molecule has 0 saturated heterocycles. The van der Waals surface area contributed by atoms with Gasteiger partial charge in [0.2, 0.25) is 5.78 Å². The molecule has 0 atom stereocenters. The Hall–Kier alpha value is -0.660. The molecule has 1 radical (unpaired) electrons. The highest BCUT2D eigenvalue weighted by molar-refractivity contribution is 6.25. The summed E-state index contributed by atoms with van der Waals surface area (Å²) in [5.41, 5.74) is 0. The van der Waals surface area contributed by atoms with Crippen LogP contribution in [0.1, 0.15) is 58.3 Å². The first-order valence-corrected chi connectivity index (χ1v) is 5.22. The van der Waals surface area contributed by atoms with Crippen molar-refractivity contribution in [3.05, 3.63) is 0 Å². The predicted molar refractivity (Wildman–Crippen MR) is 53.3 cm³/mol. The Bertz CT molecular complexity index is 141. The van der Waals surface area contributed by atoms with Gasteiger partial charge in [-0.05, 0) is 6.42 Å². The van der Waals surface area contributed by atoms with E-state index in [0.717, 1.165) is 12.8 Å². The van der Waals surface area contributed by atoms with Gasteiger partial charge in [0, 0.05) is 6.42 Å². The van der Waals surface area contributed by atoms with Gasteiger partial charge in [-0.1, -0.05) is 45.4 Å². The van der Waals surface area contributed by atoms with Crippen LogP contribution in [0.5, 0.6) is 0 Å². The van der Waals surface area contributed by atoms with Crippen LogP contribution in [0.15, 0.2) is 0 Å². The van der Waals surface area contributed by atoms with Crippen molar-refractivity contribution in [1.29, 1.82) is 0 Å². The van der Waals surface area contributed by atoms with E-state index >= 15 is 0 Å². The van der Waals surface area contributed by atoms with Crippen molar-refractivity contribution in [1.82, 2.24) is 0 Å². The molecule has 0 aromatic rings. The zero-order chi connectivity index (χ0) is 9.94. The van der Waals surface area contributed by atoms with Crippen molar-refractivity contribution < 1.29 is 9.59 Å². The quantitative estimate of drug-likeness (QED) is 0.407. The number of hydrogen-bond acceptors (Lipinski definition) is 2. The highest BCUT2D eigenvalue weighted by Gasteiger charge is 1.99. The van der Waals surface area contributed by atoms with E-state index in [4.69, 9.17) is 0 Å². The summed E-state index contributed by atoms with van der Waals surface area (Å²) in [6.07, 6.45) is 10.00. The van der Waals surface area contributed by atoms with Gasteiger partial charge in [0.05, 0.1) is 0 Å². The van der Waals surface area contributed by atoms with Gasteiger partial charge in [0.1, 0.15) is 0 Å². The van der Waals surface area contributed by atoms with E-state index in [1.807, 2.05) is 0 Å². The summed E-state index contributed by atoms with van der Waals surface area (Å²) < 4.78 is 0. The predicted octanol–water partition coefficient (Wildman–Crippen LogP) is 2.81. The lowest BCUT2D eigenvalue weighted by Gasteiger charge is -1.98. The molecular weight excluding hydrogens is 164 g/mol. The number of carbonyl (C=O) groups excluding carboxylic acids is 2. The summed E-state index contributed by atoms with van der Waals surface area (Å²) >= 11 is 0. The maximum absolute atomic E-state index is 10.5. The SMILES string of the molecule is CCCCCCCCCC(=O)[C]=O. The molecule has 0 N–H and O–H groups in total. The summed E-state index contributed by atoms with van der Waals surface area (Å²) in [6.45, 7) is 2.19. The van der Waals surface area contributed by atoms with Gasteiger partial charge in [0.25, 0.3) is 6.29 Å². The van der Waals surface area contributed by atoms with Crippen LogP contribution in [0, 0.1) is 0 Å². The Morgan fingerprint density at radius 1 is 1.00 bits per heavy atom. The number of unbranched alkanes of at least 4 members (excludes halogenated alkanes) is 6. The summed E-state index contributed by atoms with van der Waals surface area (Å²) in [6, 6.07) is 0. The number of Topliss-reactive ketones (excluding diaryl/α,β-unsaturated/α-hetero) is 1. The third-order valence-electron chi connectivity index (χ3n) is 2.12. The minimum atomic E-state index is -0.381. The lowest BCUT2D eigenvalue weighted by Crippen LogP contribution is -1.97. The summed E-state index contributed by atoms with van der Waals surface area (Å²) in [5.74, 6) is -0.381. The minimum Gasteiger partial charge on any atom is -0.290 e. The molecule has 13 heavy (non-hydrogen) atoms. The van der Waals surface area contributed by atoms with Crippen LogP contribution in [-0.4, -0.2) is 12.1 Å². The first-order valence-electron chi connectivity index (χ1n) is 5.22. The van der Waals surface area contributed by atoms with Crippen molar-refractivity contribution >= 4 is 12.1 Å². The molecule has 0 spiro atoms. The molecule has 0 aromatic carbocycles. The second kappa shape index (κ2) is 9.43. The highest BCUT2D eigenvalue weighted by atomic mass is 16.2. The van der Waals surface area contributed by atoms with Crippen LogP contribution in [0.2, 0.25) is 0 Å². The first-order chi connectivity index (χ1) is 6.31. The average Bonchev–Trinajstić information content (AvgIpc) is 2.16. The van der Waals surface area contributed by atoms with E-state index < -0.39 is 0 Å². The number of rotatable bonds is 9. The van der Waals surface area contributed by atoms with Gasteiger partial charge in [-0.15, -0.1) is 0 Å². The largest absolute Gasteiger partial charge is 0.290 e. The van der Waals surface area contributed by atoms with E-state index in [-0.39, 0.29) is 5.78 Å². The van der Waals surface area contributed by atoms with Gasteiger partial charge in [-0.25, -0.2) is 0 Å². The molecule has 0 aliphatic carbocycles. The molecule has 0 bridgehead atoms. The molecular formula is C11H19O2. The number of ketones is 1. The molecule has 0 unspecified atom stereocenters. The molecule has 0 rings (SSSR count). The smallest absolute Gasteiger partial charge is 0.272 e. The Kier molecular flexibility index (Phi) is 8.95. The van der Waals surface area contributed by atoms with Crippen LogP contribution in [0.3, 0.4) is 0 Å². The highest BCUT2D eigenvalue weighted by Crippen LogP contribution is 2.08. The second-order valence-corrected chi connectivity index (χ2v) is 3.40. The van der Waals surface area contributed by atoms with Crippen LogP contribution in [0.25, 0.3) is 0 Å². The second-order valence-electron chi connectivity index (χ2n) is 3.40. The monoisotopic (exact) mass is 183 g/mol. The van der Waals surface area contributed by atoms with E-state index in [1.165, 1.54) is 38.4 Å². The Labute approximate surface area is 80.7 Å². The van der Waals surface area contributed by atoms with Gasteiger partial charge >= 0.3 is 0 Å².